The summed E-state index contributed by atoms with van der Waals surface area (Å²) in [5.74, 6) is 0.431. The van der Waals surface area contributed by atoms with E-state index in [9.17, 15) is 5.11 Å². The second-order valence-corrected chi connectivity index (χ2v) is 3.15. The topological polar surface area (TPSA) is 51.7 Å². The first-order valence-corrected chi connectivity index (χ1v) is 4.52. The summed E-state index contributed by atoms with van der Waals surface area (Å²) < 4.78 is 0. The molecule has 2 heteroatoms. The van der Waals surface area contributed by atoms with Crippen molar-refractivity contribution < 1.29 is 10.6 Å². The highest BCUT2D eigenvalue weighted by molar-refractivity contribution is 5.89. The fraction of sp³-hybridized carbons (Fsp3) is 0.167. The minimum atomic E-state index is 0. The molecule has 14 heavy (non-hydrogen) atoms. The number of hydrogen-bond donors (Lipinski definition) is 1. The zero-order chi connectivity index (χ0) is 9.26. The molecule has 0 fully saturated rings. The van der Waals surface area contributed by atoms with Crippen molar-refractivity contribution in [3.8, 4) is 5.75 Å². The summed E-state index contributed by atoms with van der Waals surface area (Å²) in [6.07, 6.45) is 0.872. The van der Waals surface area contributed by atoms with Crippen molar-refractivity contribution in [2.45, 2.75) is 13.3 Å². The number of phenolic OH excluding ortho intramolecular Hbond substituents is 1. The van der Waals surface area contributed by atoms with Crippen molar-refractivity contribution >= 4 is 10.8 Å². The lowest BCUT2D eigenvalue weighted by molar-refractivity contribution is 0.475. The fourth-order valence-corrected chi connectivity index (χ4v) is 1.59. The molecule has 0 atom stereocenters. The van der Waals surface area contributed by atoms with Crippen molar-refractivity contribution in [2.75, 3.05) is 0 Å². The van der Waals surface area contributed by atoms with Gasteiger partial charge in [0.2, 0.25) is 0 Å². The van der Waals surface area contributed by atoms with Crippen LogP contribution >= 0.6 is 0 Å². The molecule has 2 aromatic rings. The van der Waals surface area contributed by atoms with Crippen LogP contribution < -0.4 is 0 Å². The van der Waals surface area contributed by atoms with Gasteiger partial charge in [0.25, 0.3) is 0 Å². The van der Waals surface area contributed by atoms with E-state index in [4.69, 9.17) is 0 Å². The third-order valence-electron chi connectivity index (χ3n) is 2.37. The zero-order valence-corrected chi connectivity index (χ0v) is 8.12. The molecule has 0 aliphatic heterocycles. The average molecular weight is 190 g/mol. The van der Waals surface area contributed by atoms with Crippen LogP contribution in [-0.2, 0) is 6.42 Å². The summed E-state index contributed by atoms with van der Waals surface area (Å²) in [4.78, 5) is 0. The van der Waals surface area contributed by atoms with E-state index in [1.165, 1.54) is 0 Å². The maximum atomic E-state index is 9.85. The second kappa shape index (κ2) is 4.11. The first kappa shape index (κ1) is 10.5. The molecule has 2 aromatic carbocycles. The van der Waals surface area contributed by atoms with Crippen LogP contribution in [0.3, 0.4) is 0 Å². The Labute approximate surface area is 83.1 Å². The normalized spacial score (nSPS) is 9.79. The molecule has 0 spiro atoms. The number of benzene rings is 2. The summed E-state index contributed by atoms with van der Waals surface area (Å²) >= 11 is 0. The van der Waals surface area contributed by atoms with Gasteiger partial charge in [-0.25, -0.2) is 0 Å². The molecule has 0 heterocycles. The Morgan fingerprint density at radius 2 is 1.79 bits per heavy atom. The Morgan fingerprint density at radius 1 is 1.07 bits per heavy atom. The van der Waals surface area contributed by atoms with E-state index in [1.807, 2.05) is 43.3 Å². The van der Waals surface area contributed by atoms with E-state index in [0.717, 1.165) is 22.8 Å². The molecule has 0 aliphatic rings. The van der Waals surface area contributed by atoms with E-state index in [1.54, 1.807) is 0 Å². The van der Waals surface area contributed by atoms with Crippen LogP contribution in [0.15, 0.2) is 36.4 Å². The lowest BCUT2D eigenvalue weighted by Crippen LogP contribution is -1.82. The SMILES string of the molecule is CCc1ccc2ccccc2c1O.O. The van der Waals surface area contributed by atoms with Crippen LogP contribution in [-0.4, -0.2) is 10.6 Å². The Morgan fingerprint density at radius 3 is 2.50 bits per heavy atom. The third kappa shape index (κ3) is 1.56. The van der Waals surface area contributed by atoms with Crippen molar-refractivity contribution in [3.63, 3.8) is 0 Å². The van der Waals surface area contributed by atoms with Gasteiger partial charge in [-0.15, -0.1) is 0 Å². The predicted octanol–water partition coefficient (Wildman–Crippen LogP) is 2.28. The van der Waals surface area contributed by atoms with E-state index in [2.05, 4.69) is 0 Å². The minimum Gasteiger partial charge on any atom is -0.507 e. The molecule has 3 N–H and O–H groups in total. The molecule has 0 amide bonds. The first-order valence-electron chi connectivity index (χ1n) is 4.52. The van der Waals surface area contributed by atoms with Crippen molar-refractivity contribution in [1.82, 2.24) is 0 Å². The quantitative estimate of drug-likeness (QED) is 0.736. The number of aryl methyl sites for hydroxylation is 1. The lowest BCUT2D eigenvalue weighted by atomic mass is 10.0. The van der Waals surface area contributed by atoms with Gasteiger partial charge < -0.3 is 10.6 Å². The molecular weight excluding hydrogens is 176 g/mol. The number of rotatable bonds is 1. The number of phenols is 1. The van der Waals surface area contributed by atoms with E-state index >= 15 is 0 Å². The summed E-state index contributed by atoms with van der Waals surface area (Å²) in [6.45, 7) is 2.05. The standard InChI is InChI=1S/C12H12O.H2O/c1-2-9-7-8-10-5-3-4-6-11(10)12(9)13;/h3-8,13H,2H2,1H3;1H2. The predicted molar refractivity (Wildman–Crippen MR) is 58.6 cm³/mol. The van der Waals surface area contributed by atoms with Crippen LogP contribution in [0.2, 0.25) is 0 Å². The Balaban J connectivity index is 0.000000980. The van der Waals surface area contributed by atoms with E-state index in [-0.39, 0.29) is 5.48 Å². The van der Waals surface area contributed by atoms with Gasteiger partial charge in [0.15, 0.2) is 0 Å². The number of aromatic hydroxyl groups is 1. The van der Waals surface area contributed by atoms with Crippen molar-refractivity contribution in [2.24, 2.45) is 0 Å². The highest BCUT2D eigenvalue weighted by atomic mass is 16.3. The first-order chi connectivity index (χ1) is 6.33. The summed E-state index contributed by atoms with van der Waals surface area (Å²) in [6, 6.07) is 11.9. The highest BCUT2D eigenvalue weighted by Crippen LogP contribution is 2.28. The van der Waals surface area contributed by atoms with Gasteiger partial charge in [-0.2, -0.15) is 0 Å². The highest BCUT2D eigenvalue weighted by Gasteiger charge is 2.02. The maximum Gasteiger partial charge on any atom is 0.126 e. The van der Waals surface area contributed by atoms with Gasteiger partial charge in [-0.3, -0.25) is 0 Å². The van der Waals surface area contributed by atoms with Crippen LogP contribution in [0.4, 0.5) is 0 Å². The largest absolute Gasteiger partial charge is 0.507 e. The molecule has 74 valence electrons. The Bertz CT molecular complexity index is 435. The van der Waals surface area contributed by atoms with E-state index < -0.39 is 0 Å². The molecule has 0 saturated carbocycles. The number of hydrogen-bond acceptors (Lipinski definition) is 1. The van der Waals surface area contributed by atoms with Gasteiger partial charge in [0, 0.05) is 5.39 Å². The number of fused-ring (bicyclic) bond motifs is 1. The molecule has 0 bridgehead atoms. The minimum absolute atomic E-state index is 0. The van der Waals surface area contributed by atoms with Crippen LogP contribution in [0.5, 0.6) is 5.75 Å². The summed E-state index contributed by atoms with van der Waals surface area (Å²) in [5, 5.41) is 11.9. The monoisotopic (exact) mass is 190 g/mol. The van der Waals surface area contributed by atoms with E-state index in [0.29, 0.717) is 5.75 Å². The molecule has 2 rings (SSSR count). The zero-order valence-electron chi connectivity index (χ0n) is 8.12. The summed E-state index contributed by atoms with van der Waals surface area (Å²) in [5.41, 5.74) is 1.01. The molecule has 0 aromatic heterocycles. The van der Waals surface area contributed by atoms with Gasteiger partial charge in [0.05, 0.1) is 0 Å². The van der Waals surface area contributed by atoms with Crippen LogP contribution in [0, 0.1) is 0 Å². The summed E-state index contributed by atoms with van der Waals surface area (Å²) in [7, 11) is 0. The molecule has 2 nitrogen and oxygen atoms in total. The second-order valence-electron chi connectivity index (χ2n) is 3.15. The Kier molecular flexibility index (Phi) is 3.10. The van der Waals surface area contributed by atoms with Gasteiger partial charge in [-0.1, -0.05) is 43.3 Å². The van der Waals surface area contributed by atoms with Gasteiger partial charge >= 0.3 is 0 Å². The van der Waals surface area contributed by atoms with Gasteiger partial charge in [-0.05, 0) is 17.4 Å². The average Bonchev–Trinajstić information content (AvgIpc) is 2.19. The molecule has 0 unspecified atom stereocenters. The fourth-order valence-electron chi connectivity index (χ4n) is 1.59. The lowest BCUT2D eigenvalue weighted by Gasteiger charge is -2.05. The Hall–Kier alpha value is -1.54. The molecule has 0 aliphatic carbocycles. The smallest absolute Gasteiger partial charge is 0.126 e. The third-order valence-corrected chi connectivity index (χ3v) is 2.37. The van der Waals surface area contributed by atoms with Crippen molar-refractivity contribution in [1.29, 1.82) is 0 Å². The molecule has 0 radical (unpaired) electrons. The maximum absolute atomic E-state index is 9.85. The molecule has 0 saturated heterocycles. The molecular formula is C12H14O2. The van der Waals surface area contributed by atoms with Crippen LogP contribution in [0.25, 0.3) is 10.8 Å². The van der Waals surface area contributed by atoms with Crippen LogP contribution in [0.1, 0.15) is 12.5 Å². The van der Waals surface area contributed by atoms with Gasteiger partial charge in [0.1, 0.15) is 5.75 Å². The van der Waals surface area contributed by atoms with Crippen molar-refractivity contribution in [3.05, 3.63) is 42.0 Å².